The molecular formula is C15H30N2O. The number of carbonyl (C=O) groups excluding carboxylic acids is 1. The maximum absolute atomic E-state index is 12.6. The molecule has 3 heteroatoms. The Balaban J connectivity index is 2.87. The van der Waals surface area contributed by atoms with E-state index in [0.29, 0.717) is 12.0 Å². The molecule has 3 nitrogen and oxygen atoms in total. The summed E-state index contributed by atoms with van der Waals surface area (Å²) in [5.41, 5.74) is -0.267. The van der Waals surface area contributed by atoms with Crippen molar-refractivity contribution in [2.45, 2.75) is 66.5 Å². The van der Waals surface area contributed by atoms with Gasteiger partial charge in [0.05, 0.1) is 0 Å². The molecular weight excluding hydrogens is 224 g/mol. The number of nitrogens with one attached hydrogen (secondary N) is 1. The molecule has 0 saturated carbocycles. The summed E-state index contributed by atoms with van der Waals surface area (Å²) in [6.45, 7) is 16.5. The second kappa shape index (κ2) is 5.20. The lowest BCUT2D eigenvalue weighted by molar-refractivity contribution is -0.145. The van der Waals surface area contributed by atoms with Crippen molar-refractivity contribution in [3.8, 4) is 0 Å². The van der Waals surface area contributed by atoms with Gasteiger partial charge in [0.1, 0.15) is 0 Å². The molecule has 1 heterocycles. The quantitative estimate of drug-likeness (QED) is 0.821. The topological polar surface area (TPSA) is 32.3 Å². The Morgan fingerprint density at radius 3 is 2.39 bits per heavy atom. The predicted octanol–water partition coefficient (Wildman–Crippen LogP) is 2.66. The SMILES string of the molecule is CC(C)CC1CNC(C)(C)CN1C(=O)C(C)(C)C. The molecule has 0 spiro atoms. The van der Waals surface area contributed by atoms with Gasteiger partial charge in [-0.1, -0.05) is 34.6 Å². The summed E-state index contributed by atoms with van der Waals surface area (Å²) >= 11 is 0. The van der Waals surface area contributed by atoms with Crippen molar-refractivity contribution in [1.82, 2.24) is 10.2 Å². The van der Waals surface area contributed by atoms with E-state index >= 15 is 0 Å². The van der Waals surface area contributed by atoms with Gasteiger partial charge in [0, 0.05) is 30.1 Å². The Hall–Kier alpha value is -0.570. The monoisotopic (exact) mass is 254 g/mol. The molecule has 1 atom stereocenters. The lowest BCUT2D eigenvalue weighted by atomic mass is 9.88. The second-order valence-electron chi connectivity index (χ2n) is 7.73. The Morgan fingerprint density at radius 2 is 1.94 bits per heavy atom. The van der Waals surface area contributed by atoms with Gasteiger partial charge in [-0.25, -0.2) is 0 Å². The number of nitrogens with zero attached hydrogens (tertiary/aromatic N) is 1. The first kappa shape index (κ1) is 15.5. The molecule has 1 aliphatic rings. The lowest BCUT2D eigenvalue weighted by Gasteiger charge is -2.47. The molecule has 106 valence electrons. The van der Waals surface area contributed by atoms with Crippen molar-refractivity contribution in [3.63, 3.8) is 0 Å². The molecule has 1 amide bonds. The highest BCUT2D eigenvalue weighted by Crippen LogP contribution is 2.26. The van der Waals surface area contributed by atoms with Crippen LogP contribution >= 0.6 is 0 Å². The van der Waals surface area contributed by atoms with Gasteiger partial charge in [-0.05, 0) is 26.2 Å². The van der Waals surface area contributed by atoms with E-state index in [1.54, 1.807) is 0 Å². The third-order valence-electron chi connectivity index (χ3n) is 3.47. The minimum Gasteiger partial charge on any atom is -0.336 e. The third kappa shape index (κ3) is 3.98. The largest absolute Gasteiger partial charge is 0.336 e. The molecule has 18 heavy (non-hydrogen) atoms. The van der Waals surface area contributed by atoms with Gasteiger partial charge in [0.2, 0.25) is 5.91 Å². The first-order valence-electron chi connectivity index (χ1n) is 7.09. The molecule has 1 saturated heterocycles. The maximum atomic E-state index is 12.6. The fraction of sp³-hybridized carbons (Fsp3) is 0.933. The van der Waals surface area contributed by atoms with E-state index in [-0.39, 0.29) is 16.9 Å². The highest BCUT2D eigenvalue weighted by molar-refractivity contribution is 5.82. The van der Waals surface area contributed by atoms with Crippen LogP contribution in [-0.2, 0) is 4.79 Å². The number of rotatable bonds is 2. The number of amides is 1. The number of carbonyl (C=O) groups is 1. The Kier molecular flexibility index (Phi) is 4.47. The zero-order valence-electron chi connectivity index (χ0n) is 13.1. The van der Waals surface area contributed by atoms with Crippen molar-refractivity contribution < 1.29 is 4.79 Å². The van der Waals surface area contributed by atoms with Crippen molar-refractivity contribution in [3.05, 3.63) is 0 Å². The van der Waals surface area contributed by atoms with Gasteiger partial charge >= 0.3 is 0 Å². The minimum absolute atomic E-state index is 0.0222. The zero-order chi connectivity index (χ0) is 14.1. The molecule has 1 rings (SSSR count). The summed E-state index contributed by atoms with van der Waals surface area (Å²) in [6, 6.07) is 0.338. The predicted molar refractivity (Wildman–Crippen MR) is 76.5 cm³/mol. The van der Waals surface area contributed by atoms with E-state index in [0.717, 1.165) is 19.5 Å². The molecule has 1 N–H and O–H groups in total. The van der Waals surface area contributed by atoms with Crippen LogP contribution in [0.5, 0.6) is 0 Å². The van der Waals surface area contributed by atoms with Crippen LogP contribution in [0.15, 0.2) is 0 Å². The number of hydrogen-bond acceptors (Lipinski definition) is 2. The van der Waals surface area contributed by atoms with Crippen molar-refractivity contribution in [2.75, 3.05) is 13.1 Å². The summed E-state index contributed by atoms with van der Waals surface area (Å²) in [7, 11) is 0. The fourth-order valence-electron chi connectivity index (χ4n) is 2.54. The number of piperazine rings is 1. The molecule has 1 fully saturated rings. The van der Waals surface area contributed by atoms with Crippen molar-refractivity contribution in [1.29, 1.82) is 0 Å². The molecule has 0 bridgehead atoms. The van der Waals surface area contributed by atoms with Crippen LogP contribution in [0.1, 0.15) is 54.9 Å². The van der Waals surface area contributed by atoms with Crippen LogP contribution in [0, 0.1) is 11.3 Å². The smallest absolute Gasteiger partial charge is 0.228 e. The third-order valence-corrected chi connectivity index (χ3v) is 3.47. The van der Waals surface area contributed by atoms with Gasteiger partial charge < -0.3 is 10.2 Å². The van der Waals surface area contributed by atoms with Crippen LogP contribution in [-0.4, -0.2) is 35.5 Å². The maximum Gasteiger partial charge on any atom is 0.228 e. The van der Waals surface area contributed by atoms with Gasteiger partial charge in [0.15, 0.2) is 0 Å². The van der Waals surface area contributed by atoms with E-state index in [9.17, 15) is 4.79 Å². The van der Waals surface area contributed by atoms with Crippen LogP contribution in [0.4, 0.5) is 0 Å². The van der Waals surface area contributed by atoms with Crippen LogP contribution in [0.25, 0.3) is 0 Å². The van der Waals surface area contributed by atoms with E-state index in [1.165, 1.54) is 0 Å². The first-order chi connectivity index (χ1) is 8.03. The molecule has 0 radical (unpaired) electrons. The van der Waals surface area contributed by atoms with E-state index in [4.69, 9.17) is 0 Å². The summed E-state index contributed by atoms with van der Waals surface area (Å²) in [4.78, 5) is 14.7. The zero-order valence-corrected chi connectivity index (χ0v) is 13.1. The second-order valence-corrected chi connectivity index (χ2v) is 7.73. The van der Waals surface area contributed by atoms with E-state index < -0.39 is 0 Å². The highest BCUT2D eigenvalue weighted by Gasteiger charge is 2.39. The van der Waals surface area contributed by atoms with Crippen LogP contribution in [0.3, 0.4) is 0 Å². The molecule has 0 aromatic rings. The Labute approximate surface area is 112 Å². The average Bonchev–Trinajstić information content (AvgIpc) is 2.17. The lowest BCUT2D eigenvalue weighted by Crippen LogP contribution is -2.64. The highest BCUT2D eigenvalue weighted by atomic mass is 16.2. The van der Waals surface area contributed by atoms with E-state index in [2.05, 4.69) is 37.9 Å². The molecule has 1 unspecified atom stereocenters. The van der Waals surface area contributed by atoms with Gasteiger partial charge in [-0.3, -0.25) is 4.79 Å². The summed E-state index contributed by atoms with van der Waals surface area (Å²) < 4.78 is 0. The molecule has 1 aliphatic heterocycles. The van der Waals surface area contributed by atoms with E-state index in [1.807, 2.05) is 20.8 Å². The average molecular weight is 254 g/mol. The van der Waals surface area contributed by atoms with Gasteiger partial charge in [-0.2, -0.15) is 0 Å². The minimum atomic E-state index is -0.289. The molecule has 0 aromatic heterocycles. The van der Waals surface area contributed by atoms with Crippen molar-refractivity contribution >= 4 is 5.91 Å². The fourth-order valence-corrected chi connectivity index (χ4v) is 2.54. The summed E-state index contributed by atoms with van der Waals surface area (Å²) in [5.74, 6) is 0.899. The van der Waals surface area contributed by atoms with Gasteiger partial charge in [-0.15, -0.1) is 0 Å². The summed E-state index contributed by atoms with van der Waals surface area (Å²) in [6.07, 6.45) is 1.07. The number of hydrogen-bond donors (Lipinski definition) is 1. The normalized spacial score (nSPS) is 24.4. The van der Waals surface area contributed by atoms with Gasteiger partial charge in [0.25, 0.3) is 0 Å². The summed E-state index contributed by atoms with van der Waals surface area (Å²) in [5, 5.41) is 3.56. The molecule has 0 aliphatic carbocycles. The molecule has 0 aromatic carbocycles. The Bertz CT molecular complexity index is 302. The first-order valence-corrected chi connectivity index (χ1v) is 7.09. The van der Waals surface area contributed by atoms with Crippen LogP contribution < -0.4 is 5.32 Å². The van der Waals surface area contributed by atoms with Crippen molar-refractivity contribution in [2.24, 2.45) is 11.3 Å². The van der Waals surface area contributed by atoms with Crippen LogP contribution in [0.2, 0.25) is 0 Å². The standard InChI is InChI=1S/C15H30N2O/c1-11(2)8-12-9-16-15(6,7)10-17(12)13(18)14(3,4)5/h11-12,16H,8-10H2,1-7H3. The Morgan fingerprint density at radius 1 is 1.39 bits per heavy atom.